The summed E-state index contributed by atoms with van der Waals surface area (Å²) < 4.78 is 10.3. The van der Waals surface area contributed by atoms with Crippen LogP contribution in [0.3, 0.4) is 0 Å². The predicted octanol–water partition coefficient (Wildman–Crippen LogP) is 12.5. The molecular formula is C58H50Cl2N6O9S2. The number of hydrogen-bond donors (Lipinski definition) is 3. The Bertz CT molecular complexity index is 3550. The van der Waals surface area contributed by atoms with Crippen LogP contribution in [-0.4, -0.2) is 77.0 Å². The van der Waals surface area contributed by atoms with Crippen LogP contribution >= 0.6 is 45.9 Å². The van der Waals surface area contributed by atoms with Gasteiger partial charge in [-0.1, -0.05) is 59.6 Å². The fraction of sp³-hybridized carbons (Fsp3) is 0.172. The third kappa shape index (κ3) is 12.7. The Balaban J connectivity index is 0.000000175. The van der Waals surface area contributed by atoms with Crippen molar-refractivity contribution >= 4 is 104 Å². The zero-order valence-electron chi connectivity index (χ0n) is 42.1. The maximum Gasteiger partial charge on any atom is 0.348 e. The molecule has 0 bridgehead atoms. The molecule has 0 fully saturated rings. The first-order valence-corrected chi connectivity index (χ1v) is 26.6. The first kappa shape index (κ1) is 55.0. The van der Waals surface area contributed by atoms with Crippen LogP contribution in [0.4, 0.5) is 22.7 Å². The lowest BCUT2D eigenvalue weighted by molar-refractivity contribution is 0.0522. The Kier molecular flexibility index (Phi) is 17.6. The van der Waals surface area contributed by atoms with Gasteiger partial charge < -0.3 is 35.4 Å². The highest BCUT2D eigenvalue weighted by Gasteiger charge is 2.30. The van der Waals surface area contributed by atoms with E-state index < -0.39 is 5.97 Å². The fourth-order valence-corrected chi connectivity index (χ4v) is 11.1. The molecule has 4 aromatic carbocycles. The highest BCUT2D eigenvalue weighted by molar-refractivity contribution is 7.18. The molecule has 15 nitrogen and oxygen atoms in total. The molecule has 19 heteroatoms. The van der Waals surface area contributed by atoms with Crippen LogP contribution < -0.4 is 20.9 Å². The van der Waals surface area contributed by atoms with Gasteiger partial charge in [0, 0.05) is 68.9 Å². The van der Waals surface area contributed by atoms with Crippen molar-refractivity contribution in [3.05, 3.63) is 198 Å². The van der Waals surface area contributed by atoms with E-state index in [2.05, 4.69) is 15.3 Å². The normalized spacial score (nSPS) is 12.0. The van der Waals surface area contributed by atoms with Crippen molar-refractivity contribution in [2.75, 3.05) is 47.2 Å². The van der Waals surface area contributed by atoms with Gasteiger partial charge in [-0.2, -0.15) is 0 Å². The summed E-state index contributed by atoms with van der Waals surface area (Å²) in [5.41, 5.74) is 15.5. The summed E-state index contributed by atoms with van der Waals surface area (Å²) in [5, 5.41) is 11.5. The smallest absolute Gasteiger partial charge is 0.348 e. The number of carbonyl (C=O) groups excluding carboxylic acids is 5. The molecule has 4 aromatic heterocycles. The number of aromatic nitrogens is 2. The lowest BCUT2D eigenvalue weighted by Crippen LogP contribution is -2.32. The second-order valence-corrected chi connectivity index (χ2v) is 20.3. The molecule has 77 heavy (non-hydrogen) atoms. The Hall–Kier alpha value is -8.22. The minimum Gasteiger partial charge on any atom is -0.478 e. The average Bonchev–Trinajstić information content (AvgIpc) is 4.05. The molecule has 0 radical (unpaired) electrons. The van der Waals surface area contributed by atoms with Crippen LogP contribution in [0.1, 0.15) is 96.9 Å². The molecule has 0 aliphatic carbocycles. The number of amides is 3. The van der Waals surface area contributed by atoms with Crippen molar-refractivity contribution < 1.29 is 43.3 Å². The average molecular weight is 1110 g/mol. The maximum absolute atomic E-state index is 13.6. The van der Waals surface area contributed by atoms with Gasteiger partial charge in [0.2, 0.25) is 0 Å². The highest BCUT2D eigenvalue weighted by Crippen LogP contribution is 2.43. The third-order valence-corrected chi connectivity index (χ3v) is 15.1. The number of carboxylic acids is 1. The summed E-state index contributed by atoms with van der Waals surface area (Å²) in [4.78, 5) is 88.8. The largest absolute Gasteiger partial charge is 0.478 e. The summed E-state index contributed by atoms with van der Waals surface area (Å²) in [5.74, 6) is -2.27. The second-order valence-electron chi connectivity index (χ2n) is 17.5. The number of nitrogens with zero attached hydrogens (tertiary/aromatic N) is 4. The molecule has 0 saturated carbocycles. The van der Waals surface area contributed by atoms with Crippen molar-refractivity contribution in [1.29, 1.82) is 0 Å². The number of aryl methyl sites for hydroxylation is 2. The number of halogens is 2. The van der Waals surface area contributed by atoms with Crippen molar-refractivity contribution in [2.45, 2.75) is 40.5 Å². The number of aromatic carboxylic acids is 1. The van der Waals surface area contributed by atoms with Crippen LogP contribution in [0.15, 0.2) is 134 Å². The Morgan fingerprint density at radius 2 is 1.05 bits per heavy atom. The lowest BCUT2D eigenvalue weighted by atomic mass is 10.1. The monoisotopic (exact) mass is 1110 g/mol. The van der Waals surface area contributed by atoms with E-state index in [1.54, 1.807) is 91.4 Å². The van der Waals surface area contributed by atoms with Gasteiger partial charge >= 0.3 is 17.9 Å². The molecule has 3 amide bonds. The number of fused-ring (bicyclic) bond motifs is 6. The summed E-state index contributed by atoms with van der Waals surface area (Å²) in [7, 11) is 0. The molecule has 392 valence electrons. The molecule has 0 spiro atoms. The Morgan fingerprint density at radius 3 is 1.49 bits per heavy atom. The number of pyridine rings is 2. The van der Waals surface area contributed by atoms with Crippen molar-refractivity contribution in [1.82, 2.24) is 9.97 Å². The maximum atomic E-state index is 13.6. The summed E-state index contributed by atoms with van der Waals surface area (Å²) in [6.07, 6.45) is 4.39. The summed E-state index contributed by atoms with van der Waals surface area (Å²) in [6.45, 7) is 8.84. The van der Waals surface area contributed by atoms with Crippen molar-refractivity contribution in [3.63, 3.8) is 0 Å². The predicted molar refractivity (Wildman–Crippen MR) is 302 cm³/mol. The van der Waals surface area contributed by atoms with E-state index in [-0.39, 0.29) is 51.1 Å². The van der Waals surface area contributed by atoms with Crippen LogP contribution in [0.5, 0.6) is 0 Å². The van der Waals surface area contributed by atoms with Gasteiger partial charge in [-0.3, -0.25) is 14.4 Å². The van der Waals surface area contributed by atoms with Crippen LogP contribution in [0, 0.1) is 13.8 Å². The first-order chi connectivity index (χ1) is 37.0. The lowest BCUT2D eigenvalue weighted by Gasteiger charge is -2.23. The van der Waals surface area contributed by atoms with Crippen LogP contribution in [0.25, 0.3) is 20.9 Å². The van der Waals surface area contributed by atoms with E-state index in [0.717, 1.165) is 54.5 Å². The number of para-hydroxylation sites is 2. The fourth-order valence-electron chi connectivity index (χ4n) is 8.47. The van der Waals surface area contributed by atoms with Crippen LogP contribution in [0.2, 0.25) is 10.3 Å². The number of nitrogens with one attached hydrogen (secondary N) is 1. The second kappa shape index (κ2) is 24.6. The number of hydrogen-bond acceptors (Lipinski definition) is 13. The SMILES string of the molecule is CCOC(=O)c1cc2c(s1)-c1ccccc1N(C(=O)c1ccc(N)cc1)CC2.CCOC(=O)c1cc2c(s1)-c1ccccc1N(C(=O)c1ccc(NC(=O)c3cc(C)cnc3Cl)cc1)CC2.Cc1cnc(Cl)c(C(=O)O)c1. The zero-order valence-corrected chi connectivity index (χ0v) is 45.2. The molecule has 4 N–H and O–H groups in total. The number of carboxylic acid groups (broad SMARTS) is 1. The standard InChI is InChI=1S/C29H24ClN3O4S.C22H20N2O3S.C7H6ClNO2/c1-3-37-29(36)24-15-19-12-13-33(23-7-5-4-6-21(23)25(19)38-24)28(35)18-8-10-20(11-9-18)32-27(34)22-14-17(2)16-31-26(22)30;1-2-27-22(26)19-13-15-11-12-24(21(25)14-7-9-16(23)10-8-14)18-6-4-3-5-17(18)20(15)28-19;1-4-2-5(7(10)11)6(8)9-3-4/h4-11,14-16H,3,12-13H2,1-2H3,(H,32,34);3-10,13H,2,11-12,23H2,1H3;2-3H,1H3,(H,10,11). The quantitative estimate of drug-likeness (QED) is 0.0700. The Morgan fingerprint density at radius 1 is 0.623 bits per heavy atom. The van der Waals surface area contributed by atoms with E-state index >= 15 is 0 Å². The number of nitrogens with two attached hydrogens (primary N) is 1. The third-order valence-electron chi connectivity index (χ3n) is 12.1. The van der Waals surface area contributed by atoms with E-state index in [0.29, 0.717) is 71.4 Å². The number of ether oxygens (including phenoxy) is 2. The van der Waals surface area contributed by atoms with Crippen molar-refractivity contribution in [2.24, 2.45) is 0 Å². The molecule has 0 atom stereocenters. The topological polar surface area (TPSA) is 211 Å². The summed E-state index contributed by atoms with van der Waals surface area (Å²) >= 11 is 14.4. The summed E-state index contributed by atoms with van der Waals surface area (Å²) in [6, 6.07) is 36.2. The number of rotatable bonds is 9. The first-order valence-electron chi connectivity index (χ1n) is 24.2. The molecule has 10 rings (SSSR count). The number of anilines is 4. The molecule has 0 unspecified atom stereocenters. The van der Waals surface area contributed by atoms with Gasteiger partial charge in [0.1, 0.15) is 20.1 Å². The highest BCUT2D eigenvalue weighted by atomic mass is 35.5. The number of esters is 2. The van der Waals surface area contributed by atoms with Gasteiger partial charge in [-0.25, -0.2) is 24.4 Å². The molecule has 0 saturated heterocycles. The van der Waals surface area contributed by atoms with Gasteiger partial charge in [0.15, 0.2) is 0 Å². The minimum absolute atomic E-state index is 0.0306. The molecule has 2 aliphatic heterocycles. The van der Waals surface area contributed by atoms with Crippen LogP contribution in [-0.2, 0) is 22.3 Å². The molecule has 2 aliphatic rings. The Labute approximate surface area is 461 Å². The van der Waals surface area contributed by atoms with Gasteiger partial charge in [-0.05, 0) is 148 Å². The van der Waals surface area contributed by atoms with E-state index in [4.69, 9.17) is 43.5 Å². The molecule has 8 aromatic rings. The van der Waals surface area contributed by atoms with Gasteiger partial charge in [-0.15, -0.1) is 22.7 Å². The number of benzene rings is 4. The minimum atomic E-state index is -1.05. The zero-order chi connectivity index (χ0) is 54.9. The van der Waals surface area contributed by atoms with E-state index in [1.165, 1.54) is 34.9 Å². The van der Waals surface area contributed by atoms with Crippen molar-refractivity contribution in [3.8, 4) is 20.9 Å². The van der Waals surface area contributed by atoms with Gasteiger partial charge in [0.25, 0.3) is 17.7 Å². The molecule has 6 heterocycles. The number of carbonyl (C=O) groups is 6. The number of thiophene rings is 2. The van der Waals surface area contributed by atoms with Gasteiger partial charge in [0.05, 0.1) is 35.7 Å². The molecular weight excluding hydrogens is 1060 g/mol. The number of nitrogen functional groups attached to an aromatic ring is 1. The van der Waals surface area contributed by atoms with E-state index in [1.807, 2.05) is 67.6 Å². The van der Waals surface area contributed by atoms with E-state index in [9.17, 15) is 28.8 Å².